The zero-order valence-electron chi connectivity index (χ0n) is 15.7. The fourth-order valence-corrected chi connectivity index (χ4v) is 3.17. The Morgan fingerprint density at radius 3 is 2.81 bits per heavy atom. The Morgan fingerprint density at radius 2 is 2.15 bits per heavy atom. The molecule has 0 saturated carbocycles. The summed E-state index contributed by atoms with van der Waals surface area (Å²) >= 11 is 6.04. The fourth-order valence-electron chi connectivity index (χ4n) is 2.96. The zero-order valence-corrected chi connectivity index (χ0v) is 16.4. The van der Waals surface area contributed by atoms with Crippen LogP contribution in [0.5, 0.6) is 0 Å². The summed E-state index contributed by atoms with van der Waals surface area (Å²) in [6.45, 7) is 10.4. The minimum Gasteiger partial charge on any atom is -0.492 e. The van der Waals surface area contributed by atoms with Crippen molar-refractivity contribution in [3.63, 3.8) is 0 Å². The number of carbonyl (C=O) groups excluding carboxylic acids is 1. The van der Waals surface area contributed by atoms with Crippen molar-refractivity contribution in [3.05, 3.63) is 58.8 Å². The average Bonchev–Trinajstić information content (AvgIpc) is 2.57. The van der Waals surface area contributed by atoms with E-state index in [2.05, 4.69) is 25.6 Å². The highest BCUT2D eigenvalue weighted by Gasteiger charge is 2.36. The summed E-state index contributed by atoms with van der Waals surface area (Å²) in [5.41, 5.74) is 1.98. The number of Topliss-reactive ketones (excluding diaryl/α,β-unsaturated/α-hetero) is 1. The number of halogens is 1. The van der Waals surface area contributed by atoms with Crippen LogP contribution < -0.4 is 0 Å². The monoisotopic (exact) mass is 375 g/mol. The number of ether oxygens (including phenoxy) is 1. The number of carbonyl (C=O) groups is 1. The Labute approximate surface area is 160 Å². The van der Waals surface area contributed by atoms with Gasteiger partial charge in [0, 0.05) is 17.9 Å². The molecular formula is C21H26ClNO3. The highest BCUT2D eigenvalue weighted by atomic mass is 35.5. The van der Waals surface area contributed by atoms with E-state index in [4.69, 9.17) is 21.2 Å². The molecule has 0 saturated heterocycles. The second kappa shape index (κ2) is 9.04. The Morgan fingerprint density at radius 1 is 1.38 bits per heavy atom. The summed E-state index contributed by atoms with van der Waals surface area (Å²) in [4.78, 5) is 18.0. The number of benzene rings is 1. The van der Waals surface area contributed by atoms with E-state index in [1.54, 1.807) is 6.08 Å². The van der Waals surface area contributed by atoms with Crippen molar-refractivity contribution >= 4 is 23.1 Å². The molecule has 1 aliphatic rings. The summed E-state index contributed by atoms with van der Waals surface area (Å²) in [5.74, 6) is 0.721. The van der Waals surface area contributed by atoms with Crippen molar-refractivity contribution in [3.8, 4) is 0 Å². The van der Waals surface area contributed by atoms with E-state index in [1.807, 2.05) is 31.2 Å². The molecule has 0 radical (unpaired) electrons. The smallest absolute Gasteiger partial charge is 0.168 e. The second-order valence-electron chi connectivity index (χ2n) is 7.13. The number of oxime groups is 1. The molecule has 5 heteroatoms. The predicted molar refractivity (Wildman–Crippen MR) is 105 cm³/mol. The van der Waals surface area contributed by atoms with Crippen LogP contribution in [-0.2, 0) is 21.0 Å². The molecule has 0 N–H and O–H groups in total. The third kappa shape index (κ3) is 5.46. The van der Waals surface area contributed by atoms with Crippen LogP contribution in [0, 0.1) is 5.41 Å². The lowest BCUT2D eigenvalue weighted by Gasteiger charge is -2.32. The van der Waals surface area contributed by atoms with E-state index in [-0.39, 0.29) is 11.2 Å². The van der Waals surface area contributed by atoms with Gasteiger partial charge in [0.2, 0.25) is 0 Å². The lowest BCUT2D eigenvalue weighted by Crippen LogP contribution is -2.30. The minimum absolute atomic E-state index is 0.0464. The molecule has 0 spiro atoms. The van der Waals surface area contributed by atoms with Crippen LogP contribution >= 0.6 is 11.6 Å². The third-order valence-electron chi connectivity index (χ3n) is 4.13. The van der Waals surface area contributed by atoms with Crippen LogP contribution in [0.25, 0.3) is 0 Å². The summed E-state index contributed by atoms with van der Waals surface area (Å²) < 4.78 is 6.08. The highest BCUT2D eigenvalue weighted by molar-refractivity contribution is 6.30. The first kappa shape index (κ1) is 20.2. The van der Waals surface area contributed by atoms with Gasteiger partial charge in [0.15, 0.2) is 5.78 Å². The molecule has 0 atom stereocenters. The van der Waals surface area contributed by atoms with Gasteiger partial charge in [-0.05, 0) is 29.5 Å². The van der Waals surface area contributed by atoms with E-state index < -0.39 is 0 Å². The molecule has 1 aromatic carbocycles. The lowest BCUT2D eigenvalue weighted by atomic mass is 9.75. The van der Waals surface area contributed by atoms with E-state index >= 15 is 0 Å². The number of allylic oxidation sites excluding steroid dienone is 2. The molecule has 0 amide bonds. The van der Waals surface area contributed by atoms with Gasteiger partial charge in [0.25, 0.3) is 0 Å². The van der Waals surface area contributed by atoms with Gasteiger partial charge in [0.05, 0.1) is 11.3 Å². The van der Waals surface area contributed by atoms with Gasteiger partial charge in [-0.2, -0.15) is 0 Å². The zero-order chi connectivity index (χ0) is 19.2. The van der Waals surface area contributed by atoms with Crippen LogP contribution in [-0.4, -0.2) is 18.1 Å². The van der Waals surface area contributed by atoms with Crippen LogP contribution in [0.2, 0.25) is 5.02 Å². The molecule has 1 aliphatic carbocycles. The van der Waals surface area contributed by atoms with Crippen molar-refractivity contribution in [1.29, 1.82) is 0 Å². The van der Waals surface area contributed by atoms with Crippen LogP contribution in [0.3, 0.4) is 0 Å². The fraction of sp³-hybridized carbons (Fsp3) is 0.429. The van der Waals surface area contributed by atoms with E-state index in [0.29, 0.717) is 54.5 Å². The first-order valence-corrected chi connectivity index (χ1v) is 9.18. The van der Waals surface area contributed by atoms with Crippen LogP contribution in [0.1, 0.15) is 45.6 Å². The van der Waals surface area contributed by atoms with Gasteiger partial charge >= 0.3 is 0 Å². The largest absolute Gasteiger partial charge is 0.492 e. The van der Waals surface area contributed by atoms with Crippen LogP contribution in [0.15, 0.2) is 53.4 Å². The maximum Gasteiger partial charge on any atom is 0.168 e. The molecule has 0 bridgehead atoms. The summed E-state index contributed by atoms with van der Waals surface area (Å²) in [5, 5.41) is 4.80. The van der Waals surface area contributed by atoms with Crippen molar-refractivity contribution in [2.75, 3.05) is 6.61 Å². The number of rotatable bonds is 8. The summed E-state index contributed by atoms with van der Waals surface area (Å²) in [7, 11) is 0. The summed E-state index contributed by atoms with van der Waals surface area (Å²) in [6.07, 6.45) is 3.35. The number of ketones is 1. The maximum absolute atomic E-state index is 12.8. The molecule has 0 aromatic heterocycles. The molecule has 0 unspecified atom stereocenters. The topological polar surface area (TPSA) is 47.9 Å². The summed E-state index contributed by atoms with van der Waals surface area (Å²) in [6, 6.07) is 7.51. The Kier molecular flexibility index (Phi) is 7.04. The average molecular weight is 376 g/mol. The molecule has 26 heavy (non-hydrogen) atoms. The predicted octanol–water partition coefficient (Wildman–Crippen LogP) is 5.47. The standard InChI is InChI=1S/C21H26ClNO3/c1-5-10-26-23-17(6-2)20-18(24)12-21(3,4)13-19(20)25-14-15-8-7-9-16(22)11-15/h5,7-9,11H,1,6,10,12-14H2,2-4H3. The Balaban J connectivity index is 2.32. The quantitative estimate of drug-likeness (QED) is 0.262. The minimum atomic E-state index is -0.148. The number of hydrogen-bond acceptors (Lipinski definition) is 4. The maximum atomic E-state index is 12.8. The van der Waals surface area contributed by atoms with Gasteiger partial charge in [0.1, 0.15) is 19.0 Å². The molecule has 0 fully saturated rings. The van der Waals surface area contributed by atoms with Crippen molar-refractivity contribution in [2.24, 2.45) is 10.6 Å². The highest BCUT2D eigenvalue weighted by Crippen LogP contribution is 2.38. The van der Waals surface area contributed by atoms with Gasteiger partial charge in [-0.25, -0.2) is 0 Å². The van der Waals surface area contributed by atoms with Crippen molar-refractivity contribution in [1.82, 2.24) is 0 Å². The molecule has 1 aromatic rings. The number of nitrogens with zero attached hydrogens (tertiary/aromatic N) is 1. The number of hydrogen-bond donors (Lipinski definition) is 0. The molecule has 4 nitrogen and oxygen atoms in total. The van der Waals surface area contributed by atoms with Gasteiger partial charge in [-0.3, -0.25) is 4.79 Å². The Hall–Kier alpha value is -2.07. The molecule has 0 heterocycles. The second-order valence-corrected chi connectivity index (χ2v) is 7.57. The molecule has 140 valence electrons. The van der Waals surface area contributed by atoms with Crippen LogP contribution in [0.4, 0.5) is 0 Å². The van der Waals surface area contributed by atoms with E-state index in [0.717, 1.165) is 5.56 Å². The third-order valence-corrected chi connectivity index (χ3v) is 4.36. The SMILES string of the molecule is C=CCON=C(CC)C1=C(OCc2cccc(Cl)c2)CC(C)(C)CC1=O. The van der Waals surface area contributed by atoms with Gasteiger partial charge in [-0.1, -0.05) is 62.3 Å². The normalized spacial score (nSPS) is 17.2. The molecule has 0 aliphatic heterocycles. The van der Waals surface area contributed by atoms with E-state index in [1.165, 1.54) is 0 Å². The first-order chi connectivity index (χ1) is 12.4. The van der Waals surface area contributed by atoms with Gasteiger partial charge < -0.3 is 9.57 Å². The molecular weight excluding hydrogens is 350 g/mol. The van der Waals surface area contributed by atoms with E-state index in [9.17, 15) is 4.79 Å². The Bertz CT molecular complexity index is 735. The van der Waals surface area contributed by atoms with Crippen molar-refractivity contribution < 1.29 is 14.4 Å². The first-order valence-electron chi connectivity index (χ1n) is 8.80. The molecule has 2 rings (SSSR count). The van der Waals surface area contributed by atoms with Crippen molar-refractivity contribution in [2.45, 2.75) is 46.6 Å². The van der Waals surface area contributed by atoms with Gasteiger partial charge in [-0.15, -0.1) is 0 Å². The lowest BCUT2D eigenvalue weighted by molar-refractivity contribution is -0.118.